The number of benzene rings is 1. The van der Waals surface area contributed by atoms with Gasteiger partial charge in [-0.05, 0) is 31.0 Å². The lowest BCUT2D eigenvalue weighted by atomic mass is 9.90. The van der Waals surface area contributed by atoms with Gasteiger partial charge in [-0.1, -0.05) is 37.0 Å². The molecule has 1 aromatic carbocycles. The summed E-state index contributed by atoms with van der Waals surface area (Å²) in [5.41, 5.74) is -0.926. The highest BCUT2D eigenvalue weighted by molar-refractivity contribution is 6.35. The Hall–Kier alpha value is -1.44. The van der Waals surface area contributed by atoms with E-state index in [1.165, 1.54) is 6.07 Å². The summed E-state index contributed by atoms with van der Waals surface area (Å²) in [4.78, 5) is 11.8. The molecule has 108 valence electrons. The number of nitriles is 1. The van der Waals surface area contributed by atoms with Crippen molar-refractivity contribution in [2.24, 2.45) is 5.92 Å². The highest BCUT2D eigenvalue weighted by atomic mass is 35.5. The van der Waals surface area contributed by atoms with Crippen LogP contribution in [0.25, 0.3) is 0 Å². The molecule has 0 spiro atoms. The SMILES string of the molecule is CC(C)[C@@](C)(C#N)NC(=O)COc1ccc(Cl)cc1Cl. The van der Waals surface area contributed by atoms with E-state index in [2.05, 4.69) is 11.4 Å². The van der Waals surface area contributed by atoms with Crippen LogP contribution < -0.4 is 10.1 Å². The second-order valence-corrected chi connectivity index (χ2v) is 5.72. The maximum absolute atomic E-state index is 11.8. The third kappa shape index (κ3) is 4.29. The van der Waals surface area contributed by atoms with Crippen LogP contribution >= 0.6 is 23.2 Å². The fraction of sp³-hybridized carbons (Fsp3) is 0.429. The maximum atomic E-state index is 11.8. The Balaban J connectivity index is 2.62. The third-order valence-electron chi connectivity index (χ3n) is 3.04. The zero-order chi connectivity index (χ0) is 15.3. The minimum absolute atomic E-state index is 0.0180. The van der Waals surface area contributed by atoms with Crippen molar-refractivity contribution in [2.45, 2.75) is 26.3 Å². The number of nitrogens with zero attached hydrogens (tertiary/aromatic N) is 1. The standard InChI is InChI=1S/C14H16Cl2N2O2/c1-9(2)14(3,8-17)18-13(19)7-20-12-5-4-10(15)6-11(12)16/h4-6,9H,7H2,1-3H3,(H,18,19)/t14-/m1/s1. The molecule has 0 saturated heterocycles. The molecule has 0 aliphatic heterocycles. The average Bonchev–Trinajstić information content (AvgIpc) is 2.37. The summed E-state index contributed by atoms with van der Waals surface area (Å²) in [5, 5.41) is 12.6. The molecule has 0 saturated carbocycles. The van der Waals surface area contributed by atoms with Crippen molar-refractivity contribution in [1.82, 2.24) is 5.32 Å². The van der Waals surface area contributed by atoms with E-state index in [1.54, 1.807) is 19.1 Å². The first kappa shape index (κ1) is 16.6. The van der Waals surface area contributed by atoms with Gasteiger partial charge in [-0.15, -0.1) is 0 Å². The number of hydrogen-bond acceptors (Lipinski definition) is 3. The molecule has 6 heteroatoms. The van der Waals surface area contributed by atoms with Gasteiger partial charge in [-0.2, -0.15) is 5.26 Å². The van der Waals surface area contributed by atoms with Crippen LogP contribution in [0.15, 0.2) is 18.2 Å². The maximum Gasteiger partial charge on any atom is 0.259 e. The number of rotatable bonds is 5. The van der Waals surface area contributed by atoms with E-state index < -0.39 is 5.54 Å². The molecule has 0 aliphatic rings. The Bertz CT molecular complexity index is 540. The molecule has 1 amide bonds. The third-order valence-corrected chi connectivity index (χ3v) is 3.57. The van der Waals surface area contributed by atoms with Crippen molar-refractivity contribution in [3.05, 3.63) is 28.2 Å². The highest BCUT2D eigenvalue weighted by Crippen LogP contribution is 2.27. The number of ether oxygens (including phenoxy) is 1. The molecule has 1 N–H and O–H groups in total. The molecule has 1 rings (SSSR count). The second kappa shape index (κ2) is 6.83. The van der Waals surface area contributed by atoms with Crippen molar-refractivity contribution < 1.29 is 9.53 Å². The number of halogens is 2. The van der Waals surface area contributed by atoms with Gasteiger partial charge in [-0.25, -0.2) is 0 Å². The molecule has 1 atom stereocenters. The predicted molar refractivity (Wildman–Crippen MR) is 79.0 cm³/mol. The number of nitrogens with one attached hydrogen (secondary N) is 1. The smallest absolute Gasteiger partial charge is 0.259 e. The zero-order valence-electron chi connectivity index (χ0n) is 11.5. The molecular formula is C14H16Cl2N2O2. The summed E-state index contributed by atoms with van der Waals surface area (Å²) in [6.45, 7) is 5.18. The monoisotopic (exact) mass is 314 g/mol. The zero-order valence-corrected chi connectivity index (χ0v) is 13.0. The largest absolute Gasteiger partial charge is 0.482 e. The van der Waals surface area contributed by atoms with Crippen LogP contribution in [0.3, 0.4) is 0 Å². The van der Waals surface area contributed by atoms with Crippen LogP contribution in [0.1, 0.15) is 20.8 Å². The molecule has 0 unspecified atom stereocenters. The van der Waals surface area contributed by atoms with Crippen LogP contribution in [-0.2, 0) is 4.79 Å². The van der Waals surface area contributed by atoms with Gasteiger partial charge in [0.1, 0.15) is 11.3 Å². The minimum Gasteiger partial charge on any atom is -0.482 e. The van der Waals surface area contributed by atoms with E-state index in [0.29, 0.717) is 15.8 Å². The quantitative estimate of drug-likeness (QED) is 0.905. The summed E-state index contributed by atoms with van der Waals surface area (Å²) in [7, 11) is 0. The average molecular weight is 315 g/mol. The topological polar surface area (TPSA) is 62.1 Å². The molecule has 20 heavy (non-hydrogen) atoms. The van der Waals surface area contributed by atoms with E-state index >= 15 is 0 Å². The van der Waals surface area contributed by atoms with Gasteiger partial charge in [0.05, 0.1) is 11.1 Å². The molecule has 0 aliphatic carbocycles. The fourth-order valence-corrected chi connectivity index (χ4v) is 1.83. The van der Waals surface area contributed by atoms with Gasteiger partial charge < -0.3 is 10.1 Å². The lowest BCUT2D eigenvalue weighted by Crippen LogP contribution is -2.50. The van der Waals surface area contributed by atoms with E-state index in [1.807, 2.05) is 13.8 Å². The summed E-state index contributed by atoms with van der Waals surface area (Å²) in [6, 6.07) is 6.83. The number of amides is 1. The Morgan fingerprint density at radius 3 is 2.65 bits per heavy atom. The van der Waals surface area contributed by atoms with E-state index in [-0.39, 0.29) is 18.4 Å². The first-order valence-electron chi connectivity index (χ1n) is 6.08. The Kier molecular flexibility index (Phi) is 5.67. The summed E-state index contributed by atoms with van der Waals surface area (Å²) in [6.07, 6.45) is 0. The van der Waals surface area contributed by atoms with Gasteiger partial charge in [0.2, 0.25) is 0 Å². The Labute approximate surface area is 128 Å². The molecule has 1 aromatic rings. The van der Waals surface area contributed by atoms with E-state index in [9.17, 15) is 4.79 Å². The highest BCUT2D eigenvalue weighted by Gasteiger charge is 2.30. The molecule has 0 radical (unpaired) electrons. The van der Waals surface area contributed by atoms with Crippen LogP contribution in [0.4, 0.5) is 0 Å². The molecule has 4 nitrogen and oxygen atoms in total. The minimum atomic E-state index is -0.926. The van der Waals surface area contributed by atoms with Crippen molar-refractivity contribution in [2.75, 3.05) is 6.61 Å². The number of carbonyl (C=O) groups excluding carboxylic acids is 1. The van der Waals surface area contributed by atoms with Crippen LogP contribution in [-0.4, -0.2) is 18.1 Å². The number of carbonyl (C=O) groups is 1. The van der Waals surface area contributed by atoms with Gasteiger partial charge >= 0.3 is 0 Å². The first-order valence-corrected chi connectivity index (χ1v) is 6.84. The van der Waals surface area contributed by atoms with Crippen LogP contribution in [0.2, 0.25) is 10.0 Å². The molecule has 0 fully saturated rings. The second-order valence-electron chi connectivity index (χ2n) is 4.88. The van der Waals surface area contributed by atoms with Gasteiger partial charge in [0, 0.05) is 5.02 Å². The van der Waals surface area contributed by atoms with E-state index in [4.69, 9.17) is 33.2 Å². The summed E-state index contributed by atoms with van der Waals surface area (Å²) < 4.78 is 5.31. The first-order chi connectivity index (χ1) is 9.28. The van der Waals surface area contributed by atoms with Crippen LogP contribution in [0.5, 0.6) is 5.75 Å². The molecule has 0 aromatic heterocycles. The normalized spacial score (nSPS) is 13.4. The molecule has 0 heterocycles. The summed E-state index contributed by atoms with van der Waals surface area (Å²) >= 11 is 11.7. The van der Waals surface area contributed by atoms with Crippen LogP contribution in [0, 0.1) is 17.2 Å². The van der Waals surface area contributed by atoms with Gasteiger partial charge in [0.25, 0.3) is 5.91 Å². The summed E-state index contributed by atoms with van der Waals surface area (Å²) in [5.74, 6) is -0.0289. The van der Waals surface area contributed by atoms with Crippen molar-refractivity contribution in [3.63, 3.8) is 0 Å². The van der Waals surface area contributed by atoms with Crippen molar-refractivity contribution in [3.8, 4) is 11.8 Å². The van der Waals surface area contributed by atoms with E-state index in [0.717, 1.165) is 0 Å². The lowest BCUT2D eigenvalue weighted by molar-refractivity contribution is -0.124. The fourth-order valence-electron chi connectivity index (χ4n) is 1.36. The predicted octanol–water partition coefficient (Wildman–Crippen LogP) is 3.43. The van der Waals surface area contributed by atoms with Gasteiger partial charge in [0.15, 0.2) is 6.61 Å². The Morgan fingerprint density at radius 2 is 2.15 bits per heavy atom. The Morgan fingerprint density at radius 1 is 1.50 bits per heavy atom. The molecular weight excluding hydrogens is 299 g/mol. The van der Waals surface area contributed by atoms with Gasteiger partial charge in [-0.3, -0.25) is 4.79 Å². The molecule has 0 bridgehead atoms. The lowest BCUT2D eigenvalue weighted by Gasteiger charge is -2.27. The van der Waals surface area contributed by atoms with Crippen molar-refractivity contribution >= 4 is 29.1 Å². The van der Waals surface area contributed by atoms with Crippen molar-refractivity contribution in [1.29, 1.82) is 5.26 Å². The number of hydrogen-bond donors (Lipinski definition) is 1.